The maximum absolute atomic E-state index is 13.0. The lowest BCUT2D eigenvalue weighted by Gasteiger charge is -2.07. The summed E-state index contributed by atoms with van der Waals surface area (Å²) in [5, 5.41) is 7.46. The normalized spacial score (nSPS) is 12.4. The molecule has 4 rings (SSSR count). The van der Waals surface area contributed by atoms with Crippen LogP contribution in [0.4, 0.5) is 20.3 Å². The number of thiazole rings is 2. The van der Waals surface area contributed by atoms with Crippen LogP contribution in [0.3, 0.4) is 0 Å². The van der Waals surface area contributed by atoms with Gasteiger partial charge in [-0.1, -0.05) is 0 Å². The Kier molecular flexibility index (Phi) is 6.41. The van der Waals surface area contributed by atoms with Crippen molar-refractivity contribution in [2.24, 2.45) is 0 Å². The highest BCUT2D eigenvalue weighted by atomic mass is 32.2. The van der Waals surface area contributed by atoms with Crippen LogP contribution < -0.4 is 10.0 Å². The first-order chi connectivity index (χ1) is 14.9. The second kappa shape index (κ2) is 9.22. The van der Waals surface area contributed by atoms with E-state index < -0.39 is 20.8 Å². The van der Waals surface area contributed by atoms with Gasteiger partial charge in [-0.3, -0.25) is 8.93 Å². The zero-order chi connectivity index (χ0) is 21.8. The summed E-state index contributed by atoms with van der Waals surface area (Å²) >= 11 is 2.54. The predicted molar refractivity (Wildman–Crippen MR) is 121 cm³/mol. The van der Waals surface area contributed by atoms with Gasteiger partial charge in [-0.15, -0.1) is 22.7 Å². The number of hydrogen-bond acceptors (Lipinski definition) is 8. The molecular formula is C19H15FN4O3S4. The average Bonchev–Trinajstić information content (AvgIpc) is 3.41. The Morgan fingerprint density at radius 2 is 1.74 bits per heavy atom. The number of sulfonamides is 1. The van der Waals surface area contributed by atoms with E-state index in [4.69, 9.17) is 0 Å². The molecule has 0 aliphatic rings. The minimum absolute atomic E-state index is 0.114. The van der Waals surface area contributed by atoms with E-state index in [9.17, 15) is 17.0 Å². The molecule has 7 nitrogen and oxygen atoms in total. The van der Waals surface area contributed by atoms with Crippen molar-refractivity contribution in [1.29, 1.82) is 0 Å². The molecule has 2 N–H and O–H groups in total. The van der Waals surface area contributed by atoms with E-state index >= 15 is 0 Å². The van der Waals surface area contributed by atoms with Crippen molar-refractivity contribution in [3.05, 3.63) is 77.0 Å². The number of benzene rings is 2. The molecule has 0 spiro atoms. The molecule has 2 aromatic carbocycles. The van der Waals surface area contributed by atoms with Gasteiger partial charge in [0.2, 0.25) is 0 Å². The Bertz CT molecular complexity index is 1290. The van der Waals surface area contributed by atoms with Gasteiger partial charge in [0.25, 0.3) is 10.0 Å². The van der Waals surface area contributed by atoms with Gasteiger partial charge < -0.3 is 5.32 Å². The molecular weight excluding hydrogens is 480 g/mol. The predicted octanol–water partition coefficient (Wildman–Crippen LogP) is 4.59. The van der Waals surface area contributed by atoms with Crippen LogP contribution in [0.25, 0.3) is 0 Å². The number of nitrogens with one attached hydrogen (secondary N) is 2. The molecule has 0 saturated carbocycles. The van der Waals surface area contributed by atoms with Crippen LogP contribution in [0.5, 0.6) is 0 Å². The number of anilines is 3. The first-order valence-corrected chi connectivity index (χ1v) is 13.3. The molecule has 0 aliphatic heterocycles. The van der Waals surface area contributed by atoms with Gasteiger partial charge in [0.15, 0.2) is 10.3 Å². The lowest BCUT2D eigenvalue weighted by Crippen LogP contribution is -2.12. The third kappa shape index (κ3) is 5.53. The molecule has 160 valence electrons. The summed E-state index contributed by atoms with van der Waals surface area (Å²) in [7, 11) is -5.04. The first-order valence-electron chi connectivity index (χ1n) is 8.77. The van der Waals surface area contributed by atoms with Gasteiger partial charge in [0.1, 0.15) is 5.82 Å². The Morgan fingerprint density at radius 1 is 1.00 bits per heavy atom. The number of hydrogen-bond donors (Lipinski definition) is 2. The molecule has 1 atom stereocenters. The Balaban J connectivity index is 1.39. The van der Waals surface area contributed by atoms with Crippen LogP contribution >= 0.6 is 22.7 Å². The summed E-state index contributed by atoms with van der Waals surface area (Å²) < 4.78 is 52.6. The third-order valence-corrected chi connectivity index (χ3v) is 8.31. The second-order valence-corrected chi connectivity index (χ2v) is 11.1. The van der Waals surface area contributed by atoms with Gasteiger partial charge >= 0.3 is 0 Å². The Morgan fingerprint density at radius 3 is 2.42 bits per heavy atom. The molecule has 1 unspecified atom stereocenters. The van der Waals surface area contributed by atoms with Gasteiger partial charge in [-0.25, -0.2) is 22.8 Å². The summed E-state index contributed by atoms with van der Waals surface area (Å²) in [5.74, 6) is -0.164. The SMILES string of the molecule is O=S(Cc1csc(Nc2ccc(S(=O)(=O)Nc3nccs3)cc2)n1)c1ccc(F)cc1. The van der Waals surface area contributed by atoms with Crippen LogP contribution in [0.1, 0.15) is 5.69 Å². The lowest BCUT2D eigenvalue weighted by molar-refractivity contribution is 0.601. The zero-order valence-corrected chi connectivity index (χ0v) is 19.0. The van der Waals surface area contributed by atoms with E-state index in [2.05, 4.69) is 20.0 Å². The summed E-state index contributed by atoms with van der Waals surface area (Å²) in [6.07, 6.45) is 1.52. The van der Waals surface area contributed by atoms with E-state index in [1.807, 2.05) is 0 Å². The Hall–Kier alpha value is -2.67. The summed E-state index contributed by atoms with van der Waals surface area (Å²) in [6, 6.07) is 11.8. The largest absolute Gasteiger partial charge is 0.332 e. The van der Waals surface area contributed by atoms with Crippen molar-refractivity contribution < 1.29 is 17.0 Å². The number of nitrogens with zero attached hydrogens (tertiary/aromatic N) is 2. The number of rotatable bonds is 8. The van der Waals surface area contributed by atoms with Gasteiger partial charge in [-0.05, 0) is 48.5 Å². The fourth-order valence-corrected chi connectivity index (χ4v) is 6.17. The standard InChI is InChI=1S/C19H15FN4O3S4/c20-13-1-5-16(6-2-13)30(25)12-15-11-29-19(23-15)22-14-3-7-17(8-4-14)31(26,27)24-18-21-9-10-28-18/h1-11H,12H2,(H,21,24)(H,22,23). The van der Waals surface area contributed by atoms with Crippen LogP contribution in [0.15, 0.2) is 75.3 Å². The molecule has 2 heterocycles. The Labute approximate surface area is 188 Å². The second-order valence-electron chi connectivity index (χ2n) is 6.18. The molecule has 31 heavy (non-hydrogen) atoms. The number of aromatic nitrogens is 2. The summed E-state index contributed by atoms with van der Waals surface area (Å²) in [5.41, 5.74) is 1.30. The van der Waals surface area contributed by atoms with Gasteiger partial charge in [0, 0.05) is 27.5 Å². The molecule has 0 saturated heterocycles. The molecule has 0 radical (unpaired) electrons. The molecule has 0 amide bonds. The quantitative estimate of drug-likeness (QED) is 0.372. The highest BCUT2D eigenvalue weighted by Gasteiger charge is 2.15. The van der Waals surface area contributed by atoms with Crippen molar-refractivity contribution in [3.8, 4) is 0 Å². The van der Waals surface area contributed by atoms with Crippen molar-refractivity contribution in [3.63, 3.8) is 0 Å². The van der Waals surface area contributed by atoms with Crippen molar-refractivity contribution in [2.45, 2.75) is 15.5 Å². The average molecular weight is 495 g/mol. The molecule has 4 aromatic rings. The lowest BCUT2D eigenvalue weighted by atomic mass is 10.3. The third-order valence-electron chi connectivity index (χ3n) is 3.98. The van der Waals surface area contributed by atoms with E-state index in [1.54, 1.807) is 22.9 Å². The molecule has 0 bridgehead atoms. The smallest absolute Gasteiger partial charge is 0.263 e. The fraction of sp³-hybridized carbons (Fsp3) is 0.0526. The fourth-order valence-electron chi connectivity index (χ4n) is 2.52. The molecule has 12 heteroatoms. The van der Waals surface area contributed by atoms with Crippen LogP contribution in [0, 0.1) is 5.82 Å². The van der Waals surface area contributed by atoms with E-state index in [-0.39, 0.29) is 16.5 Å². The summed E-state index contributed by atoms with van der Waals surface area (Å²) in [4.78, 5) is 8.98. The molecule has 2 aromatic heterocycles. The summed E-state index contributed by atoms with van der Waals surface area (Å²) in [6.45, 7) is 0. The van der Waals surface area contributed by atoms with Crippen molar-refractivity contribution in [1.82, 2.24) is 9.97 Å². The van der Waals surface area contributed by atoms with E-state index in [1.165, 1.54) is 65.3 Å². The van der Waals surface area contributed by atoms with Gasteiger partial charge in [-0.2, -0.15) is 0 Å². The van der Waals surface area contributed by atoms with Crippen molar-refractivity contribution >= 4 is 59.4 Å². The minimum Gasteiger partial charge on any atom is -0.332 e. The topological polar surface area (TPSA) is 101 Å². The zero-order valence-electron chi connectivity index (χ0n) is 15.7. The van der Waals surface area contributed by atoms with Crippen LogP contribution in [0.2, 0.25) is 0 Å². The maximum atomic E-state index is 13.0. The minimum atomic E-state index is -3.71. The first kappa shape index (κ1) is 21.6. The highest BCUT2D eigenvalue weighted by molar-refractivity contribution is 7.93. The molecule has 0 fully saturated rings. The highest BCUT2D eigenvalue weighted by Crippen LogP contribution is 2.24. The van der Waals surface area contributed by atoms with E-state index in [0.717, 1.165) is 0 Å². The van der Waals surface area contributed by atoms with E-state index in [0.29, 0.717) is 26.5 Å². The van der Waals surface area contributed by atoms with Crippen molar-refractivity contribution in [2.75, 3.05) is 10.0 Å². The number of halogens is 1. The molecule has 0 aliphatic carbocycles. The maximum Gasteiger partial charge on any atom is 0.263 e. The monoisotopic (exact) mass is 494 g/mol. The van der Waals surface area contributed by atoms with Crippen LogP contribution in [-0.4, -0.2) is 22.6 Å². The van der Waals surface area contributed by atoms with Gasteiger partial charge in [0.05, 0.1) is 27.1 Å². The van der Waals surface area contributed by atoms with Crippen LogP contribution in [-0.2, 0) is 26.6 Å².